The molecule has 0 heterocycles. The number of nitrogens with one attached hydrogen (secondary N) is 2. The standard InChI is InChI=1S/C12H14N2O4/c1-7(2)11(16)18-14-12(17)13-9-4-8(3)5-10(15)6-9/h4-6,15H,1H2,2-3H3,(H2,13,14,17). The molecular weight excluding hydrogens is 236 g/mol. The quantitative estimate of drug-likeness (QED) is 0.552. The van der Waals surface area contributed by atoms with E-state index in [1.54, 1.807) is 19.1 Å². The van der Waals surface area contributed by atoms with Crippen LogP contribution < -0.4 is 10.8 Å². The lowest BCUT2D eigenvalue weighted by molar-refractivity contribution is -0.143. The number of aryl methyl sites for hydroxylation is 1. The Kier molecular flexibility index (Phi) is 4.31. The molecule has 18 heavy (non-hydrogen) atoms. The number of carbonyl (C=O) groups excluding carboxylic acids is 2. The van der Waals surface area contributed by atoms with Gasteiger partial charge in [-0.2, -0.15) is 5.48 Å². The lowest BCUT2D eigenvalue weighted by atomic mass is 10.2. The molecule has 1 aromatic carbocycles. The number of benzene rings is 1. The van der Waals surface area contributed by atoms with Crippen molar-refractivity contribution in [1.29, 1.82) is 0 Å². The zero-order valence-corrected chi connectivity index (χ0v) is 10.1. The fourth-order valence-corrected chi connectivity index (χ4v) is 1.17. The predicted molar refractivity (Wildman–Crippen MR) is 65.9 cm³/mol. The van der Waals surface area contributed by atoms with E-state index in [0.717, 1.165) is 5.56 Å². The Morgan fingerprint density at radius 1 is 1.33 bits per heavy atom. The largest absolute Gasteiger partial charge is 0.508 e. The maximum atomic E-state index is 11.4. The second kappa shape index (κ2) is 5.72. The lowest BCUT2D eigenvalue weighted by Crippen LogP contribution is -2.31. The fraction of sp³-hybridized carbons (Fsp3) is 0.167. The summed E-state index contributed by atoms with van der Waals surface area (Å²) in [6, 6.07) is 3.84. The van der Waals surface area contributed by atoms with Crippen molar-refractivity contribution < 1.29 is 19.5 Å². The molecule has 0 saturated carbocycles. The van der Waals surface area contributed by atoms with Crippen LogP contribution in [0.2, 0.25) is 0 Å². The van der Waals surface area contributed by atoms with Crippen molar-refractivity contribution in [3.8, 4) is 5.75 Å². The molecule has 0 fully saturated rings. The van der Waals surface area contributed by atoms with Crippen LogP contribution >= 0.6 is 0 Å². The third-order valence-corrected chi connectivity index (χ3v) is 1.90. The molecule has 3 N–H and O–H groups in total. The first-order valence-electron chi connectivity index (χ1n) is 5.13. The van der Waals surface area contributed by atoms with E-state index in [4.69, 9.17) is 0 Å². The van der Waals surface area contributed by atoms with Gasteiger partial charge in [-0.05, 0) is 31.5 Å². The second-order valence-electron chi connectivity index (χ2n) is 3.78. The van der Waals surface area contributed by atoms with Crippen LogP contribution in [0.1, 0.15) is 12.5 Å². The molecule has 0 saturated heterocycles. The van der Waals surface area contributed by atoms with Gasteiger partial charge in [-0.15, -0.1) is 0 Å². The Labute approximate surface area is 104 Å². The molecule has 0 aliphatic carbocycles. The minimum absolute atomic E-state index is 0.0317. The third kappa shape index (κ3) is 4.17. The van der Waals surface area contributed by atoms with Gasteiger partial charge in [0.2, 0.25) is 0 Å². The highest BCUT2D eigenvalue weighted by Gasteiger charge is 2.07. The summed E-state index contributed by atoms with van der Waals surface area (Å²) in [5.74, 6) is -0.693. The van der Waals surface area contributed by atoms with E-state index >= 15 is 0 Å². The molecule has 0 unspecified atom stereocenters. The number of rotatable bonds is 2. The predicted octanol–water partition coefficient (Wildman–Crippen LogP) is 1.86. The van der Waals surface area contributed by atoms with Gasteiger partial charge in [0.05, 0.1) is 0 Å². The molecule has 0 aliphatic heterocycles. The second-order valence-corrected chi connectivity index (χ2v) is 3.78. The number of hydroxylamine groups is 1. The number of phenolic OH excluding ortho intramolecular Hbond substituents is 1. The maximum absolute atomic E-state index is 11.4. The van der Waals surface area contributed by atoms with Crippen LogP contribution in [0.4, 0.5) is 10.5 Å². The monoisotopic (exact) mass is 250 g/mol. The summed E-state index contributed by atoms with van der Waals surface area (Å²) >= 11 is 0. The zero-order chi connectivity index (χ0) is 13.7. The highest BCUT2D eigenvalue weighted by molar-refractivity contribution is 5.92. The van der Waals surface area contributed by atoms with Crippen molar-refractivity contribution in [1.82, 2.24) is 5.48 Å². The summed E-state index contributed by atoms with van der Waals surface area (Å²) in [6.45, 7) is 6.59. The smallest absolute Gasteiger partial charge is 0.358 e. The van der Waals surface area contributed by atoms with Crippen LogP contribution in [0, 0.1) is 6.92 Å². The summed E-state index contributed by atoms with van der Waals surface area (Å²) in [5.41, 5.74) is 3.25. The number of aromatic hydroxyl groups is 1. The first-order chi connectivity index (χ1) is 8.38. The van der Waals surface area contributed by atoms with Crippen LogP contribution in [0.5, 0.6) is 5.75 Å². The summed E-state index contributed by atoms with van der Waals surface area (Å²) in [4.78, 5) is 26.8. The highest BCUT2D eigenvalue weighted by atomic mass is 16.7. The van der Waals surface area contributed by atoms with Gasteiger partial charge in [-0.3, -0.25) is 0 Å². The Morgan fingerprint density at radius 3 is 2.56 bits per heavy atom. The van der Waals surface area contributed by atoms with E-state index in [0.29, 0.717) is 5.69 Å². The van der Waals surface area contributed by atoms with E-state index < -0.39 is 12.0 Å². The van der Waals surface area contributed by atoms with Crippen LogP contribution in [-0.2, 0) is 9.63 Å². The van der Waals surface area contributed by atoms with Crippen molar-refractivity contribution in [2.24, 2.45) is 0 Å². The van der Waals surface area contributed by atoms with E-state index in [-0.39, 0.29) is 11.3 Å². The summed E-state index contributed by atoms with van der Waals surface area (Å²) in [7, 11) is 0. The van der Waals surface area contributed by atoms with E-state index in [1.807, 2.05) is 5.48 Å². The van der Waals surface area contributed by atoms with Gasteiger partial charge in [-0.1, -0.05) is 6.58 Å². The molecule has 0 aromatic heterocycles. The molecule has 96 valence electrons. The van der Waals surface area contributed by atoms with Crippen LogP contribution in [0.15, 0.2) is 30.4 Å². The van der Waals surface area contributed by atoms with Crippen molar-refractivity contribution >= 4 is 17.7 Å². The average Bonchev–Trinajstić information content (AvgIpc) is 2.24. The third-order valence-electron chi connectivity index (χ3n) is 1.90. The summed E-state index contributed by atoms with van der Waals surface area (Å²) in [5, 5.41) is 11.7. The van der Waals surface area contributed by atoms with E-state index in [1.165, 1.54) is 13.0 Å². The minimum Gasteiger partial charge on any atom is -0.508 e. The van der Waals surface area contributed by atoms with Crippen molar-refractivity contribution in [2.45, 2.75) is 13.8 Å². The molecular formula is C12H14N2O4. The molecule has 2 amide bonds. The number of anilines is 1. The fourth-order valence-electron chi connectivity index (χ4n) is 1.17. The Bertz CT molecular complexity index is 477. The molecule has 0 aliphatic rings. The zero-order valence-electron chi connectivity index (χ0n) is 10.1. The molecule has 0 bridgehead atoms. The number of hydrogen-bond acceptors (Lipinski definition) is 4. The van der Waals surface area contributed by atoms with Crippen molar-refractivity contribution in [3.05, 3.63) is 35.9 Å². The van der Waals surface area contributed by atoms with E-state index in [2.05, 4.69) is 16.7 Å². The Hall–Kier alpha value is -2.50. The Balaban J connectivity index is 2.54. The number of carbonyl (C=O) groups is 2. The van der Waals surface area contributed by atoms with Gasteiger partial charge in [0.1, 0.15) is 5.75 Å². The van der Waals surface area contributed by atoms with Gasteiger partial charge in [0, 0.05) is 17.3 Å². The summed E-state index contributed by atoms with van der Waals surface area (Å²) < 4.78 is 0. The number of hydrogen-bond donors (Lipinski definition) is 3. The van der Waals surface area contributed by atoms with Gasteiger partial charge >= 0.3 is 12.0 Å². The molecule has 0 radical (unpaired) electrons. The first-order valence-corrected chi connectivity index (χ1v) is 5.13. The SMILES string of the molecule is C=C(C)C(=O)ONC(=O)Nc1cc(C)cc(O)c1. The highest BCUT2D eigenvalue weighted by Crippen LogP contribution is 2.18. The van der Waals surface area contributed by atoms with Gasteiger partial charge in [0.25, 0.3) is 0 Å². The van der Waals surface area contributed by atoms with E-state index in [9.17, 15) is 14.7 Å². The van der Waals surface area contributed by atoms with Crippen molar-refractivity contribution in [3.63, 3.8) is 0 Å². The Morgan fingerprint density at radius 2 is 2.00 bits per heavy atom. The van der Waals surface area contributed by atoms with Crippen molar-refractivity contribution in [2.75, 3.05) is 5.32 Å². The van der Waals surface area contributed by atoms with Crippen LogP contribution in [0.25, 0.3) is 0 Å². The summed E-state index contributed by atoms with van der Waals surface area (Å²) in [6.07, 6.45) is 0. The normalized spacial score (nSPS) is 9.44. The van der Waals surface area contributed by atoms with Gasteiger partial charge < -0.3 is 15.3 Å². The molecule has 1 aromatic rings. The van der Waals surface area contributed by atoms with Crippen LogP contribution in [0.3, 0.4) is 0 Å². The number of amides is 2. The maximum Gasteiger partial charge on any atom is 0.358 e. The molecule has 6 heteroatoms. The molecule has 0 atom stereocenters. The molecule has 6 nitrogen and oxygen atoms in total. The molecule has 0 spiro atoms. The van der Waals surface area contributed by atoms with Gasteiger partial charge in [0.15, 0.2) is 0 Å². The first kappa shape index (κ1) is 13.6. The van der Waals surface area contributed by atoms with Crippen LogP contribution in [-0.4, -0.2) is 17.1 Å². The lowest BCUT2D eigenvalue weighted by Gasteiger charge is -2.08. The number of urea groups is 1. The topological polar surface area (TPSA) is 87.7 Å². The number of phenols is 1. The minimum atomic E-state index is -0.727. The molecule has 1 rings (SSSR count). The average molecular weight is 250 g/mol. The van der Waals surface area contributed by atoms with Gasteiger partial charge in [-0.25, -0.2) is 9.59 Å².